The second-order valence-electron chi connectivity index (χ2n) is 10.2. The number of nitrogens with zero attached hydrogens (tertiary/aromatic N) is 2. The Labute approximate surface area is 211 Å². The van der Waals surface area contributed by atoms with Crippen molar-refractivity contribution in [2.75, 3.05) is 0 Å². The number of esters is 1. The summed E-state index contributed by atoms with van der Waals surface area (Å²) >= 11 is 0. The van der Waals surface area contributed by atoms with Crippen molar-refractivity contribution in [3.05, 3.63) is 71.4 Å². The first kappa shape index (κ1) is 24.6. The first-order valence-corrected chi connectivity index (χ1v) is 13.3. The van der Waals surface area contributed by atoms with E-state index in [9.17, 15) is 9.18 Å². The van der Waals surface area contributed by atoms with E-state index in [2.05, 4.69) is 48.7 Å². The summed E-state index contributed by atoms with van der Waals surface area (Å²) in [5.41, 5.74) is 2.94. The van der Waals surface area contributed by atoms with E-state index in [0.29, 0.717) is 23.2 Å². The molecule has 5 nitrogen and oxygen atoms in total. The number of hydrogen-bond donors (Lipinski definition) is 1. The van der Waals surface area contributed by atoms with Gasteiger partial charge < -0.3 is 4.74 Å². The Balaban J connectivity index is 1.69. The standard InChI is InChI=1S/C29H34F2N3O2/c1-4-7-8-9-10-19-11-12-34-24(13-19)26-21(14-20(30)15-23(26)31)22(16-29(34,5-2)6-3)27-33-18-32-17-25(33)28(35)36-27/h11-15,17-18,22,27H,4-10,16H2,1-3H3/q+1/p+1. The van der Waals surface area contributed by atoms with Crippen molar-refractivity contribution in [3.8, 4) is 11.3 Å². The molecule has 0 aliphatic carbocycles. The molecule has 0 saturated heterocycles. The van der Waals surface area contributed by atoms with Crippen LogP contribution >= 0.6 is 0 Å². The lowest BCUT2D eigenvalue weighted by atomic mass is 9.79. The van der Waals surface area contributed by atoms with Crippen molar-refractivity contribution < 1.29 is 27.4 Å². The molecule has 1 N–H and O–H groups in total. The molecule has 190 valence electrons. The summed E-state index contributed by atoms with van der Waals surface area (Å²) in [5, 5.41) is 0. The average Bonchev–Trinajstić information content (AvgIpc) is 3.44. The molecule has 1 aromatic carbocycles. The molecule has 0 radical (unpaired) electrons. The summed E-state index contributed by atoms with van der Waals surface area (Å²) in [6.45, 7) is 6.47. The van der Waals surface area contributed by atoms with Gasteiger partial charge in [-0.2, -0.15) is 9.13 Å². The van der Waals surface area contributed by atoms with Gasteiger partial charge in [-0.15, -0.1) is 0 Å². The maximum Gasteiger partial charge on any atom is 0.385 e. The molecule has 0 saturated carbocycles. The smallest absolute Gasteiger partial charge is 0.385 e. The van der Waals surface area contributed by atoms with Crippen molar-refractivity contribution in [2.45, 2.75) is 89.8 Å². The third-order valence-electron chi connectivity index (χ3n) is 8.27. The number of nitrogens with one attached hydrogen (secondary N) is 1. The number of unbranched alkanes of at least 4 members (excludes halogenated alkanes) is 3. The second-order valence-corrected chi connectivity index (χ2v) is 10.2. The molecule has 4 heterocycles. The zero-order chi connectivity index (χ0) is 25.4. The van der Waals surface area contributed by atoms with Crippen LogP contribution in [-0.4, -0.2) is 11.0 Å². The molecule has 0 bridgehead atoms. The Bertz CT molecular complexity index is 1280. The number of aromatic amines is 1. The number of hydrogen-bond acceptors (Lipinski definition) is 2. The number of carbonyl (C=O) groups excluding carboxylic acids is 1. The van der Waals surface area contributed by atoms with E-state index >= 15 is 4.39 Å². The van der Waals surface area contributed by atoms with E-state index in [0.717, 1.165) is 49.4 Å². The van der Waals surface area contributed by atoms with Crippen LogP contribution in [0.15, 0.2) is 43.0 Å². The van der Waals surface area contributed by atoms with E-state index < -0.39 is 29.7 Å². The third kappa shape index (κ3) is 4.02. The van der Waals surface area contributed by atoms with Crippen LogP contribution in [0.2, 0.25) is 0 Å². The van der Waals surface area contributed by atoms with E-state index in [1.807, 2.05) is 0 Å². The second kappa shape index (κ2) is 9.75. The van der Waals surface area contributed by atoms with Gasteiger partial charge in [0.25, 0.3) is 11.9 Å². The lowest BCUT2D eigenvalue weighted by molar-refractivity contribution is -0.766. The first-order valence-electron chi connectivity index (χ1n) is 13.3. The monoisotopic (exact) mass is 495 g/mol. The minimum atomic E-state index is -0.681. The number of benzene rings is 1. The van der Waals surface area contributed by atoms with Gasteiger partial charge in [0.15, 0.2) is 11.7 Å². The van der Waals surface area contributed by atoms with E-state index in [4.69, 9.17) is 4.74 Å². The number of pyridine rings is 1. The highest BCUT2D eigenvalue weighted by molar-refractivity contribution is 5.86. The van der Waals surface area contributed by atoms with Crippen LogP contribution < -0.4 is 9.13 Å². The van der Waals surface area contributed by atoms with Gasteiger partial charge in [0, 0.05) is 37.5 Å². The normalized spacial score (nSPS) is 19.9. The fourth-order valence-corrected chi connectivity index (χ4v) is 6.19. The molecule has 2 aromatic heterocycles. The number of rotatable bonds is 8. The molecule has 7 heteroatoms. The van der Waals surface area contributed by atoms with Crippen LogP contribution in [0.4, 0.5) is 8.78 Å². The van der Waals surface area contributed by atoms with Gasteiger partial charge in [-0.1, -0.05) is 40.0 Å². The van der Waals surface area contributed by atoms with Gasteiger partial charge in [0.2, 0.25) is 12.0 Å². The maximum absolute atomic E-state index is 15.7. The molecule has 2 aliphatic rings. The van der Waals surface area contributed by atoms with Crippen molar-refractivity contribution in [3.63, 3.8) is 0 Å². The number of cyclic esters (lactones) is 1. The van der Waals surface area contributed by atoms with Crippen molar-refractivity contribution in [1.82, 2.24) is 4.98 Å². The number of aromatic nitrogens is 3. The summed E-state index contributed by atoms with van der Waals surface area (Å²) in [5.74, 6) is -2.06. The van der Waals surface area contributed by atoms with Crippen LogP contribution in [0.1, 0.15) is 99.5 Å². The largest absolute Gasteiger partial charge is 0.415 e. The molecule has 0 fully saturated rings. The number of carbonyl (C=O) groups is 1. The van der Waals surface area contributed by atoms with E-state index in [-0.39, 0.29) is 5.54 Å². The van der Waals surface area contributed by atoms with Crippen LogP contribution in [-0.2, 0) is 16.7 Å². The van der Waals surface area contributed by atoms with Crippen molar-refractivity contribution in [2.24, 2.45) is 0 Å². The van der Waals surface area contributed by atoms with Gasteiger partial charge in [0.1, 0.15) is 17.8 Å². The zero-order valence-corrected chi connectivity index (χ0v) is 21.3. The van der Waals surface area contributed by atoms with Gasteiger partial charge in [0.05, 0.1) is 11.5 Å². The lowest BCUT2D eigenvalue weighted by Crippen LogP contribution is -2.57. The Hall–Kier alpha value is -3.09. The minimum absolute atomic E-state index is 0.352. The minimum Gasteiger partial charge on any atom is -0.415 e. The Kier molecular flexibility index (Phi) is 6.66. The predicted octanol–water partition coefficient (Wildman–Crippen LogP) is 6.03. The quantitative estimate of drug-likeness (QED) is 0.236. The number of aryl methyl sites for hydroxylation is 1. The maximum atomic E-state index is 15.7. The van der Waals surface area contributed by atoms with E-state index in [1.165, 1.54) is 18.9 Å². The van der Waals surface area contributed by atoms with Gasteiger partial charge >= 0.3 is 5.97 Å². The number of halogens is 2. The molecule has 3 aromatic rings. The summed E-state index contributed by atoms with van der Waals surface area (Å²) in [6.07, 6.45) is 12.4. The molecule has 0 spiro atoms. The molecule has 5 rings (SSSR count). The number of fused-ring (bicyclic) bond motifs is 4. The topological polar surface area (TPSA) is 49.9 Å². The number of H-pyrrole nitrogens is 1. The van der Waals surface area contributed by atoms with Gasteiger partial charge in [-0.05, 0) is 30.0 Å². The highest BCUT2D eigenvalue weighted by Crippen LogP contribution is 2.47. The van der Waals surface area contributed by atoms with Crippen molar-refractivity contribution >= 4 is 5.97 Å². The average molecular weight is 496 g/mol. The van der Waals surface area contributed by atoms with Crippen LogP contribution in [0.3, 0.4) is 0 Å². The SMILES string of the molecule is CCCCCCc1cc[n+]2c(c1)-c1c(F)cc(F)cc1C(C1OC(=O)c3c[nH]c[n+]31)CC2(CC)CC. The molecular formula is C29H35F2N3O2+2. The number of ether oxygens (including phenoxy) is 1. The lowest BCUT2D eigenvalue weighted by Gasteiger charge is -2.30. The Morgan fingerprint density at radius 2 is 1.89 bits per heavy atom. The summed E-state index contributed by atoms with van der Waals surface area (Å²) < 4.78 is 40.3. The summed E-state index contributed by atoms with van der Waals surface area (Å²) in [4.78, 5) is 15.6. The zero-order valence-electron chi connectivity index (χ0n) is 21.3. The fourth-order valence-electron chi connectivity index (χ4n) is 6.19. The van der Waals surface area contributed by atoms with Gasteiger partial charge in [-0.3, -0.25) is 0 Å². The molecule has 2 aliphatic heterocycles. The van der Waals surface area contributed by atoms with Gasteiger partial charge in [-0.25, -0.2) is 18.6 Å². The summed E-state index contributed by atoms with van der Waals surface area (Å²) in [6, 6.07) is 6.63. The third-order valence-corrected chi connectivity index (χ3v) is 8.27. The van der Waals surface area contributed by atoms with Crippen molar-refractivity contribution in [1.29, 1.82) is 0 Å². The number of imidazole rings is 1. The fraction of sp³-hybridized carbons (Fsp3) is 0.483. The molecule has 2 unspecified atom stereocenters. The highest BCUT2D eigenvalue weighted by atomic mass is 19.1. The predicted molar refractivity (Wildman–Crippen MR) is 131 cm³/mol. The van der Waals surface area contributed by atoms with Crippen LogP contribution in [0.25, 0.3) is 11.3 Å². The van der Waals surface area contributed by atoms with E-state index in [1.54, 1.807) is 17.1 Å². The summed E-state index contributed by atoms with van der Waals surface area (Å²) in [7, 11) is 0. The first-order chi connectivity index (χ1) is 17.4. The Morgan fingerprint density at radius 3 is 2.64 bits per heavy atom. The van der Waals surface area contributed by atoms with Crippen LogP contribution in [0, 0.1) is 11.6 Å². The molecule has 2 atom stereocenters. The van der Waals surface area contributed by atoms with Crippen LogP contribution in [0.5, 0.6) is 0 Å². The molecule has 0 amide bonds. The molecule has 36 heavy (non-hydrogen) atoms. The molecular weight excluding hydrogens is 460 g/mol. The highest BCUT2D eigenvalue weighted by Gasteiger charge is 2.52. The Morgan fingerprint density at radius 1 is 1.08 bits per heavy atom.